The number of hydrogen-bond donors (Lipinski definition) is 3. The molecule has 0 saturated carbocycles. The van der Waals surface area contributed by atoms with Gasteiger partial charge in [-0.1, -0.05) is 11.6 Å². The van der Waals surface area contributed by atoms with Gasteiger partial charge >= 0.3 is 11.9 Å². The Morgan fingerprint density at radius 1 is 1.22 bits per heavy atom. The van der Waals surface area contributed by atoms with Gasteiger partial charge in [0.05, 0.1) is 0 Å². The van der Waals surface area contributed by atoms with E-state index in [0.29, 0.717) is 16.0 Å². The van der Waals surface area contributed by atoms with Crippen molar-refractivity contribution in [2.75, 3.05) is 7.05 Å². The molecule has 0 fully saturated rings. The molecule has 0 spiro atoms. The van der Waals surface area contributed by atoms with Gasteiger partial charge in [-0.05, 0) is 24.3 Å². The lowest BCUT2D eigenvalue weighted by atomic mass is 10.2. The van der Waals surface area contributed by atoms with Crippen molar-refractivity contribution < 1.29 is 14.0 Å². The summed E-state index contributed by atoms with van der Waals surface area (Å²) < 4.78 is 5.31. The first-order chi connectivity index (χ1) is 8.60. The second kappa shape index (κ2) is 4.97. The highest BCUT2D eigenvalue weighted by Gasteiger charge is 2.12. The standard InChI is InChI=1S/C11H10ClN3O3/c1-13-11(17)15-14-10(16)9-5-6-4-7(12)2-3-8(6)18-9/h2-5H,1H3,(H,14,16)(H2,13,15,17). The van der Waals surface area contributed by atoms with Crippen molar-refractivity contribution in [2.45, 2.75) is 0 Å². The number of fused-ring (bicyclic) bond motifs is 1. The van der Waals surface area contributed by atoms with Crippen molar-refractivity contribution in [3.8, 4) is 0 Å². The molecule has 94 valence electrons. The summed E-state index contributed by atoms with van der Waals surface area (Å²) in [7, 11) is 1.44. The highest BCUT2D eigenvalue weighted by molar-refractivity contribution is 6.31. The minimum Gasteiger partial charge on any atom is -0.451 e. The minimum atomic E-state index is -0.550. The quantitative estimate of drug-likeness (QED) is 0.687. The number of hydrogen-bond acceptors (Lipinski definition) is 3. The molecule has 0 aliphatic rings. The van der Waals surface area contributed by atoms with Crippen molar-refractivity contribution in [2.24, 2.45) is 0 Å². The minimum absolute atomic E-state index is 0.0867. The zero-order chi connectivity index (χ0) is 13.1. The zero-order valence-electron chi connectivity index (χ0n) is 9.41. The number of hydrazine groups is 1. The maximum atomic E-state index is 11.6. The van der Waals surface area contributed by atoms with Crippen LogP contribution in [-0.4, -0.2) is 19.0 Å². The molecule has 0 saturated heterocycles. The van der Waals surface area contributed by atoms with E-state index in [4.69, 9.17) is 16.0 Å². The Morgan fingerprint density at radius 3 is 2.72 bits per heavy atom. The number of urea groups is 1. The van der Waals surface area contributed by atoms with Gasteiger partial charge in [0.15, 0.2) is 5.76 Å². The van der Waals surface area contributed by atoms with Gasteiger partial charge < -0.3 is 9.73 Å². The van der Waals surface area contributed by atoms with Gasteiger partial charge in [-0.3, -0.25) is 10.2 Å². The fourth-order valence-corrected chi connectivity index (χ4v) is 1.54. The molecular weight excluding hydrogens is 258 g/mol. The van der Waals surface area contributed by atoms with E-state index in [9.17, 15) is 9.59 Å². The first-order valence-corrected chi connectivity index (χ1v) is 5.45. The van der Waals surface area contributed by atoms with Crippen LogP contribution in [0.3, 0.4) is 0 Å². The molecule has 0 unspecified atom stereocenters. The van der Waals surface area contributed by atoms with Gasteiger partial charge in [0.2, 0.25) is 0 Å². The Balaban J connectivity index is 2.15. The molecule has 0 radical (unpaired) electrons. The van der Waals surface area contributed by atoms with E-state index in [1.54, 1.807) is 24.3 Å². The van der Waals surface area contributed by atoms with Crippen LogP contribution in [-0.2, 0) is 0 Å². The molecule has 1 aromatic carbocycles. The van der Waals surface area contributed by atoms with E-state index in [1.807, 2.05) is 0 Å². The maximum absolute atomic E-state index is 11.6. The second-order valence-electron chi connectivity index (χ2n) is 3.45. The highest BCUT2D eigenvalue weighted by atomic mass is 35.5. The van der Waals surface area contributed by atoms with Crippen LogP contribution in [0.1, 0.15) is 10.6 Å². The third-order valence-electron chi connectivity index (χ3n) is 2.22. The van der Waals surface area contributed by atoms with E-state index in [1.165, 1.54) is 7.05 Å². The van der Waals surface area contributed by atoms with Crippen LogP contribution in [0.2, 0.25) is 5.02 Å². The zero-order valence-corrected chi connectivity index (χ0v) is 10.2. The van der Waals surface area contributed by atoms with Gasteiger partial charge in [-0.15, -0.1) is 0 Å². The molecule has 7 heteroatoms. The van der Waals surface area contributed by atoms with Crippen LogP contribution in [0.5, 0.6) is 0 Å². The summed E-state index contributed by atoms with van der Waals surface area (Å²) in [5.74, 6) is -0.463. The molecule has 0 atom stereocenters. The third kappa shape index (κ3) is 2.54. The Labute approximate surface area is 107 Å². The van der Waals surface area contributed by atoms with Gasteiger partial charge in [0.1, 0.15) is 5.58 Å². The van der Waals surface area contributed by atoms with E-state index in [0.717, 1.165) is 0 Å². The summed E-state index contributed by atoms with van der Waals surface area (Å²) in [5, 5.41) is 3.56. The lowest BCUT2D eigenvalue weighted by Crippen LogP contribution is -2.45. The van der Waals surface area contributed by atoms with Crippen molar-refractivity contribution in [1.29, 1.82) is 0 Å². The van der Waals surface area contributed by atoms with Gasteiger partial charge in [0, 0.05) is 17.5 Å². The Hall–Kier alpha value is -2.21. The molecule has 0 aliphatic carbocycles. The molecule has 18 heavy (non-hydrogen) atoms. The first kappa shape index (κ1) is 12.3. The molecule has 2 rings (SSSR count). The largest absolute Gasteiger partial charge is 0.451 e. The molecule has 0 aliphatic heterocycles. The van der Waals surface area contributed by atoms with Gasteiger partial charge in [-0.25, -0.2) is 10.2 Å². The van der Waals surface area contributed by atoms with E-state index in [2.05, 4.69) is 16.2 Å². The van der Waals surface area contributed by atoms with Crippen molar-refractivity contribution >= 4 is 34.5 Å². The molecular formula is C11H10ClN3O3. The number of rotatable bonds is 1. The lowest BCUT2D eigenvalue weighted by Gasteiger charge is -2.03. The monoisotopic (exact) mass is 267 g/mol. The second-order valence-corrected chi connectivity index (χ2v) is 3.89. The fourth-order valence-electron chi connectivity index (χ4n) is 1.36. The molecule has 1 aromatic heterocycles. The van der Waals surface area contributed by atoms with Gasteiger partial charge in [0.25, 0.3) is 0 Å². The maximum Gasteiger partial charge on any atom is 0.333 e. The molecule has 3 amide bonds. The Bertz CT molecular complexity index is 609. The van der Waals surface area contributed by atoms with Crippen LogP contribution in [0.4, 0.5) is 4.79 Å². The summed E-state index contributed by atoms with van der Waals surface area (Å²) >= 11 is 5.82. The Kier molecular flexibility index (Phi) is 3.38. The van der Waals surface area contributed by atoms with Crippen LogP contribution >= 0.6 is 11.6 Å². The van der Waals surface area contributed by atoms with Crippen LogP contribution in [0.25, 0.3) is 11.0 Å². The number of nitrogens with one attached hydrogen (secondary N) is 3. The summed E-state index contributed by atoms with van der Waals surface area (Å²) in [6, 6.07) is 6.03. The average Bonchev–Trinajstić information content (AvgIpc) is 2.78. The Morgan fingerprint density at radius 2 is 2.00 bits per heavy atom. The fraction of sp³-hybridized carbons (Fsp3) is 0.0909. The lowest BCUT2D eigenvalue weighted by molar-refractivity contribution is 0.0911. The van der Waals surface area contributed by atoms with Crippen LogP contribution in [0.15, 0.2) is 28.7 Å². The summed E-state index contributed by atoms with van der Waals surface area (Å²) in [4.78, 5) is 22.5. The predicted molar refractivity (Wildman–Crippen MR) is 66.3 cm³/mol. The predicted octanol–water partition coefficient (Wildman–Crippen LogP) is 1.66. The molecule has 3 N–H and O–H groups in total. The number of benzene rings is 1. The SMILES string of the molecule is CNC(=O)NNC(=O)c1cc2cc(Cl)ccc2o1. The smallest absolute Gasteiger partial charge is 0.333 e. The van der Waals surface area contributed by atoms with E-state index < -0.39 is 11.9 Å². The summed E-state index contributed by atoms with van der Waals surface area (Å²) in [6.45, 7) is 0. The van der Waals surface area contributed by atoms with Crippen LogP contribution in [0, 0.1) is 0 Å². The molecule has 6 nitrogen and oxygen atoms in total. The number of halogens is 1. The summed E-state index contributed by atoms with van der Waals surface area (Å²) in [6.07, 6.45) is 0. The van der Waals surface area contributed by atoms with Crippen molar-refractivity contribution in [3.63, 3.8) is 0 Å². The number of amides is 3. The number of carbonyl (C=O) groups excluding carboxylic acids is 2. The van der Waals surface area contributed by atoms with E-state index in [-0.39, 0.29) is 5.76 Å². The topological polar surface area (TPSA) is 83.4 Å². The molecule has 1 heterocycles. The highest BCUT2D eigenvalue weighted by Crippen LogP contribution is 2.22. The van der Waals surface area contributed by atoms with Crippen LogP contribution < -0.4 is 16.2 Å². The first-order valence-electron chi connectivity index (χ1n) is 5.07. The van der Waals surface area contributed by atoms with E-state index >= 15 is 0 Å². The van der Waals surface area contributed by atoms with Crippen molar-refractivity contribution in [1.82, 2.24) is 16.2 Å². The number of furan rings is 1. The summed E-state index contributed by atoms with van der Waals surface area (Å²) in [5.41, 5.74) is 4.89. The van der Waals surface area contributed by atoms with Crippen molar-refractivity contribution in [3.05, 3.63) is 35.0 Å². The third-order valence-corrected chi connectivity index (χ3v) is 2.45. The number of carbonyl (C=O) groups is 2. The molecule has 2 aromatic rings. The normalized spacial score (nSPS) is 10.1. The molecule has 0 bridgehead atoms. The van der Waals surface area contributed by atoms with Gasteiger partial charge in [-0.2, -0.15) is 0 Å². The average molecular weight is 268 g/mol.